The predicted octanol–water partition coefficient (Wildman–Crippen LogP) is 3.94. The lowest BCUT2D eigenvalue weighted by Crippen LogP contribution is -2.49. The molecule has 2 atom stereocenters. The monoisotopic (exact) mass is 462 g/mol. The van der Waals surface area contributed by atoms with E-state index in [1.54, 1.807) is 6.33 Å². The molecule has 3 heterocycles. The van der Waals surface area contributed by atoms with Crippen LogP contribution in [0, 0.1) is 0 Å². The molecule has 1 aliphatic heterocycles. The van der Waals surface area contributed by atoms with Crippen LogP contribution in [-0.4, -0.2) is 49.6 Å². The van der Waals surface area contributed by atoms with Crippen molar-refractivity contribution in [3.63, 3.8) is 0 Å². The third-order valence-electron chi connectivity index (χ3n) is 6.61. The van der Waals surface area contributed by atoms with E-state index in [4.69, 9.17) is 0 Å². The van der Waals surface area contributed by atoms with Crippen molar-refractivity contribution in [2.45, 2.75) is 70.5 Å². The molecular formula is C26H34N6O2. The summed E-state index contributed by atoms with van der Waals surface area (Å²) < 4.78 is 0. The van der Waals surface area contributed by atoms with Crippen molar-refractivity contribution in [1.82, 2.24) is 30.2 Å². The van der Waals surface area contributed by atoms with Gasteiger partial charge in [0.2, 0.25) is 5.91 Å². The molecule has 1 amide bonds. The van der Waals surface area contributed by atoms with Crippen LogP contribution in [0.3, 0.4) is 0 Å². The summed E-state index contributed by atoms with van der Waals surface area (Å²) in [6, 6.07) is 9.55. The summed E-state index contributed by atoms with van der Waals surface area (Å²) in [6.07, 6.45) is 8.83. The standard InChI is InChI=1S/C26H34N6O2/c1-3-19(33)12-8-5-9-13-20(25-27-15-22(30-25)18-10-6-4-7-11-18)31-26(34)24-14-21-23(16-32(24)2)29-17-28-21/h4,6-7,10-11,15,17,20,24H,3,5,8-9,12-14,16H2,1-2H3,(H,27,30)(H,28,29)(H,31,34)/t20-,24?/m0/s1. The number of carbonyl (C=O) groups excluding carboxylic acids is 2. The van der Waals surface area contributed by atoms with E-state index in [1.807, 2.05) is 50.5 Å². The third-order valence-corrected chi connectivity index (χ3v) is 6.61. The topological polar surface area (TPSA) is 107 Å². The number of hydrogen-bond acceptors (Lipinski definition) is 5. The number of Topliss-reactive ketones (excluding diaryl/α,β-unsaturated/α-hetero) is 1. The number of fused-ring (bicyclic) bond motifs is 1. The first-order chi connectivity index (χ1) is 16.5. The summed E-state index contributed by atoms with van der Waals surface area (Å²) in [6.45, 7) is 2.58. The van der Waals surface area contributed by atoms with E-state index >= 15 is 0 Å². The van der Waals surface area contributed by atoms with Gasteiger partial charge in [0.05, 0.1) is 41.7 Å². The second-order valence-corrected chi connectivity index (χ2v) is 9.06. The van der Waals surface area contributed by atoms with Gasteiger partial charge < -0.3 is 15.3 Å². The number of rotatable bonds is 11. The quantitative estimate of drug-likeness (QED) is 0.374. The molecule has 34 heavy (non-hydrogen) atoms. The number of aromatic amines is 2. The fraction of sp³-hybridized carbons (Fsp3) is 0.462. The van der Waals surface area contributed by atoms with Gasteiger partial charge in [0.15, 0.2) is 0 Å². The number of likely N-dealkylation sites (N-methyl/N-ethyl adjacent to an activating group) is 1. The summed E-state index contributed by atoms with van der Waals surface area (Å²) >= 11 is 0. The molecule has 8 nitrogen and oxygen atoms in total. The van der Waals surface area contributed by atoms with Crippen molar-refractivity contribution in [3.8, 4) is 11.3 Å². The number of nitrogens with one attached hydrogen (secondary N) is 3. The maximum absolute atomic E-state index is 13.3. The lowest BCUT2D eigenvalue weighted by molar-refractivity contribution is -0.127. The molecule has 0 radical (unpaired) electrons. The smallest absolute Gasteiger partial charge is 0.238 e. The molecule has 180 valence electrons. The molecule has 1 aliphatic rings. The number of imidazole rings is 2. The van der Waals surface area contributed by atoms with Gasteiger partial charge >= 0.3 is 0 Å². The Labute approximate surface area is 200 Å². The van der Waals surface area contributed by atoms with Gasteiger partial charge in [-0.15, -0.1) is 0 Å². The van der Waals surface area contributed by atoms with Crippen LogP contribution in [-0.2, 0) is 22.6 Å². The van der Waals surface area contributed by atoms with Crippen LogP contribution in [0.2, 0.25) is 0 Å². The molecule has 0 aliphatic carbocycles. The number of ketones is 1. The van der Waals surface area contributed by atoms with Crippen LogP contribution in [0.5, 0.6) is 0 Å². The molecular weight excluding hydrogens is 428 g/mol. The number of H-pyrrole nitrogens is 2. The number of benzene rings is 1. The Morgan fingerprint density at radius 1 is 1.18 bits per heavy atom. The van der Waals surface area contributed by atoms with Crippen molar-refractivity contribution in [2.24, 2.45) is 0 Å². The van der Waals surface area contributed by atoms with Gasteiger partial charge in [-0.25, -0.2) is 9.97 Å². The number of aromatic nitrogens is 4. The zero-order valence-electron chi connectivity index (χ0n) is 20.0. The molecule has 3 aromatic rings. The summed E-state index contributed by atoms with van der Waals surface area (Å²) in [5, 5.41) is 3.25. The highest BCUT2D eigenvalue weighted by atomic mass is 16.2. The van der Waals surface area contributed by atoms with E-state index in [1.165, 1.54) is 0 Å². The summed E-state index contributed by atoms with van der Waals surface area (Å²) in [5.41, 5.74) is 4.02. The fourth-order valence-electron chi connectivity index (χ4n) is 4.50. The maximum atomic E-state index is 13.3. The van der Waals surface area contributed by atoms with Crippen molar-refractivity contribution in [1.29, 1.82) is 0 Å². The molecule has 0 spiro atoms. The Morgan fingerprint density at radius 3 is 2.79 bits per heavy atom. The van der Waals surface area contributed by atoms with Gasteiger partial charge in [0.25, 0.3) is 0 Å². The summed E-state index contributed by atoms with van der Waals surface area (Å²) in [7, 11) is 1.97. The summed E-state index contributed by atoms with van der Waals surface area (Å²) in [5.74, 6) is 1.05. The number of hydrogen-bond donors (Lipinski definition) is 3. The molecule has 1 aromatic carbocycles. The largest absolute Gasteiger partial charge is 0.347 e. The molecule has 1 unspecified atom stereocenters. The van der Waals surface area contributed by atoms with Crippen LogP contribution in [0.1, 0.15) is 68.7 Å². The SMILES string of the molecule is CCC(=O)CCCCC[C@H](NC(=O)C1Cc2nc[nH]c2CN1C)c1ncc(-c2ccccc2)[nH]1. The maximum Gasteiger partial charge on any atom is 0.238 e. The van der Waals surface area contributed by atoms with Crippen molar-refractivity contribution >= 4 is 11.7 Å². The van der Waals surface area contributed by atoms with Gasteiger partial charge in [-0.3, -0.25) is 14.5 Å². The van der Waals surface area contributed by atoms with E-state index < -0.39 is 0 Å². The Kier molecular flexibility index (Phi) is 7.90. The zero-order valence-corrected chi connectivity index (χ0v) is 20.0. The van der Waals surface area contributed by atoms with Gasteiger partial charge in [-0.2, -0.15) is 0 Å². The summed E-state index contributed by atoms with van der Waals surface area (Å²) in [4.78, 5) is 42.6. The van der Waals surface area contributed by atoms with Crippen LogP contribution in [0.25, 0.3) is 11.3 Å². The fourth-order valence-corrected chi connectivity index (χ4v) is 4.50. The van der Waals surface area contributed by atoms with Gasteiger partial charge in [0, 0.05) is 25.8 Å². The Hall–Kier alpha value is -3.26. The van der Waals surface area contributed by atoms with Crippen LogP contribution in [0.15, 0.2) is 42.9 Å². The third kappa shape index (κ3) is 5.80. The van der Waals surface area contributed by atoms with E-state index in [0.717, 1.165) is 54.2 Å². The lowest BCUT2D eigenvalue weighted by atomic mass is 10.0. The lowest BCUT2D eigenvalue weighted by Gasteiger charge is -2.31. The van der Waals surface area contributed by atoms with Crippen LogP contribution in [0.4, 0.5) is 0 Å². The first-order valence-corrected chi connectivity index (χ1v) is 12.2. The van der Waals surface area contributed by atoms with Crippen LogP contribution >= 0.6 is 0 Å². The van der Waals surface area contributed by atoms with Crippen molar-refractivity contribution in [3.05, 3.63) is 60.1 Å². The minimum Gasteiger partial charge on any atom is -0.347 e. The first-order valence-electron chi connectivity index (χ1n) is 12.2. The first kappa shape index (κ1) is 23.9. The molecule has 0 saturated heterocycles. The molecule has 0 saturated carbocycles. The number of unbranched alkanes of at least 4 members (excludes halogenated alkanes) is 2. The molecule has 3 N–H and O–H groups in total. The zero-order chi connectivity index (χ0) is 23.9. The normalized spacial score (nSPS) is 16.7. The highest BCUT2D eigenvalue weighted by molar-refractivity contribution is 5.82. The second-order valence-electron chi connectivity index (χ2n) is 9.06. The minimum absolute atomic E-state index is 0.0139. The average molecular weight is 463 g/mol. The van der Waals surface area contributed by atoms with Crippen LogP contribution < -0.4 is 5.32 Å². The predicted molar refractivity (Wildman–Crippen MR) is 131 cm³/mol. The molecule has 2 aromatic heterocycles. The van der Waals surface area contributed by atoms with Crippen molar-refractivity contribution < 1.29 is 9.59 Å². The average Bonchev–Trinajstić information content (AvgIpc) is 3.52. The highest BCUT2D eigenvalue weighted by Crippen LogP contribution is 2.24. The highest BCUT2D eigenvalue weighted by Gasteiger charge is 2.32. The molecule has 4 rings (SSSR count). The van der Waals surface area contributed by atoms with Gasteiger partial charge in [-0.05, 0) is 25.5 Å². The van der Waals surface area contributed by atoms with E-state index in [9.17, 15) is 9.59 Å². The Morgan fingerprint density at radius 2 is 2.00 bits per heavy atom. The number of nitrogens with zero attached hydrogens (tertiary/aromatic N) is 3. The van der Waals surface area contributed by atoms with E-state index in [2.05, 4.69) is 30.2 Å². The number of carbonyl (C=O) groups is 2. The molecule has 0 fully saturated rings. The van der Waals surface area contributed by atoms with Gasteiger partial charge in [-0.1, -0.05) is 50.1 Å². The van der Waals surface area contributed by atoms with E-state index in [0.29, 0.717) is 31.6 Å². The second kappa shape index (κ2) is 11.2. The van der Waals surface area contributed by atoms with Crippen molar-refractivity contribution in [2.75, 3.05) is 7.05 Å². The Balaban J connectivity index is 1.44. The number of amides is 1. The molecule has 8 heteroatoms. The molecule has 0 bridgehead atoms. The Bertz CT molecular complexity index is 1090. The van der Waals surface area contributed by atoms with E-state index in [-0.39, 0.29) is 18.0 Å². The minimum atomic E-state index is -0.274. The van der Waals surface area contributed by atoms with Gasteiger partial charge in [0.1, 0.15) is 11.6 Å².